The lowest BCUT2D eigenvalue weighted by Gasteiger charge is -2.06. The average molecular weight is 407 g/mol. The lowest BCUT2D eigenvalue weighted by Crippen LogP contribution is -2.31. The molecule has 0 atom stereocenters. The number of benzene rings is 1. The van der Waals surface area contributed by atoms with Crippen LogP contribution in [0.15, 0.2) is 24.3 Å². The number of unbranched alkanes of at least 4 members (excludes halogenated alkanes) is 4. The van der Waals surface area contributed by atoms with Crippen LogP contribution < -0.4 is 15.4 Å². The zero-order valence-electron chi connectivity index (χ0n) is 17.3. The van der Waals surface area contributed by atoms with Crippen molar-refractivity contribution in [2.45, 2.75) is 51.4 Å². The van der Waals surface area contributed by atoms with E-state index >= 15 is 0 Å². The van der Waals surface area contributed by atoms with E-state index in [2.05, 4.69) is 10.6 Å². The Balaban J connectivity index is 2.09. The number of aliphatic hydroxyl groups is 1. The number of allylic oxidation sites excluding steroid dienone is 1. The highest BCUT2D eigenvalue weighted by Gasteiger charge is 2.04. The van der Waals surface area contributed by atoms with Crippen molar-refractivity contribution in [2.75, 3.05) is 26.8 Å². The van der Waals surface area contributed by atoms with Crippen LogP contribution in [-0.4, -0.2) is 48.8 Å². The molecule has 0 saturated carbocycles. The summed E-state index contributed by atoms with van der Waals surface area (Å²) in [6, 6.07) is 5.02. The van der Waals surface area contributed by atoms with Gasteiger partial charge in [0.05, 0.1) is 7.11 Å². The van der Waals surface area contributed by atoms with E-state index in [0.29, 0.717) is 43.7 Å². The Hall–Kier alpha value is -2.54. The van der Waals surface area contributed by atoms with Gasteiger partial charge in [0.25, 0.3) is 0 Å². The van der Waals surface area contributed by atoms with Gasteiger partial charge in [0.2, 0.25) is 11.8 Å². The number of carbonyl (C=O) groups is 2. The topological polar surface area (TPSA) is 108 Å². The first kappa shape index (κ1) is 24.5. The van der Waals surface area contributed by atoms with Crippen LogP contribution in [0.1, 0.15) is 56.9 Å². The molecule has 0 bridgehead atoms. The third-order valence-electron chi connectivity index (χ3n) is 4.39. The van der Waals surface area contributed by atoms with Crippen molar-refractivity contribution >= 4 is 17.9 Å². The quantitative estimate of drug-likeness (QED) is 0.335. The molecule has 0 spiro atoms. The molecule has 0 fully saturated rings. The van der Waals surface area contributed by atoms with Gasteiger partial charge >= 0.3 is 0 Å². The molecular formula is C22H34N2O5. The lowest BCUT2D eigenvalue weighted by molar-refractivity contribution is -0.122. The number of methoxy groups -OCH3 is 1. The third kappa shape index (κ3) is 11.8. The zero-order chi connectivity index (χ0) is 21.3. The van der Waals surface area contributed by atoms with Crippen molar-refractivity contribution in [2.24, 2.45) is 0 Å². The molecule has 2 amide bonds. The van der Waals surface area contributed by atoms with Crippen LogP contribution in [-0.2, 0) is 9.59 Å². The van der Waals surface area contributed by atoms with Crippen molar-refractivity contribution in [3.63, 3.8) is 0 Å². The molecular weight excluding hydrogens is 372 g/mol. The summed E-state index contributed by atoms with van der Waals surface area (Å²) in [5.74, 6) is 0.726. The van der Waals surface area contributed by atoms with Crippen LogP contribution in [0.2, 0.25) is 0 Å². The number of aromatic hydroxyl groups is 1. The summed E-state index contributed by atoms with van der Waals surface area (Å²) in [5.41, 5.74) is 0.674. The zero-order valence-corrected chi connectivity index (χ0v) is 17.3. The predicted molar refractivity (Wildman–Crippen MR) is 114 cm³/mol. The first-order valence-corrected chi connectivity index (χ1v) is 10.2. The largest absolute Gasteiger partial charge is 0.507 e. The summed E-state index contributed by atoms with van der Waals surface area (Å²) in [4.78, 5) is 23.5. The van der Waals surface area contributed by atoms with Crippen LogP contribution >= 0.6 is 0 Å². The molecule has 7 heteroatoms. The summed E-state index contributed by atoms with van der Waals surface area (Å²) in [6.45, 7) is 1.18. The van der Waals surface area contributed by atoms with Gasteiger partial charge in [0.1, 0.15) is 11.5 Å². The fourth-order valence-electron chi connectivity index (χ4n) is 2.69. The molecule has 0 saturated heterocycles. The molecule has 0 radical (unpaired) electrons. The van der Waals surface area contributed by atoms with Crippen LogP contribution in [0, 0.1) is 0 Å². The van der Waals surface area contributed by atoms with Gasteiger partial charge in [-0.2, -0.15) is 0 Å². The Morgan fingerprint density at radius 2 is 1.72 bits per heavy atom. The minimum atomic E-state index is -0.0700. The normalized spacial score (nSPS) is 10.8. The lowest BCUT2D eigenvalue weighted by atomic mass is 10.1. The van der Waals surface area contributed by atoms with Crippen molar-refractivity contribution in [3.05, 3.63) is 29.8 Å². The molecule has 1 aromatic carbocycles. The van der Waals surface area contributed by atoms with Crippen molar-refractivity contribution in [3.8, 4) is 11.5 Å². The van der Waals surface area contributed by atoms with E-state index in [0.717, 1.165) is 25.7 Å². The van der Waals surface area contributed by atoms with Gasteiger partial charge in [-0.25, -0.2) is 0 Å². The highest BCUT2D eigenvalue weighted by Crippen LogP contribution is 2.24. The number of phenolic OH excluding ortho intramolecular Hbond substituents is 1. The van der Waals surface area contributed by atoms with Gasteiger partial charge in [0.15, 0.2) is 0 Å². The summed E-state index contributed by atoms with van der Waals surface area (Å²) >= 11 is 0. The number of nitrogens with one attached hydrogen (secondary N) is 2. The first-order chi connectivity index (χ1) is 14.1. The predicted octanol–water partition coefficient (Wildman–Crippen LogP) is 2.76. The van der Waals surface area contributed by atoms with Gasteiger partial charge in [-0.1, -0.05) is 25.0 Å². The molecule has 7 nitrogen and oxygen atoms in total. The molecule has 0 heterocycles. The van der Waals surface area contributed by atoms with E-state index in [9.17, 15) is 14.7 Å². The second-order valence-corrected chi connectivity index (χ2v) is 6.81. The Bertz CT molecular complexity index is 646. The summed E-state index contributed by atoms with van der Waals surface area (Å²) in [6.07, 6.45) is 9.45. The standard InChI is InChI=1S/C22H34N2O5/c1-29-19-11-12-20(26)18(17-19)9-5-4-6-10-21(27)24-15-13-22(28)23-14-7-2-3-8-16-25/h5,9,11-12,17,25-26H,2-4,6-8,10,13-16H2,1H3,(H,23,28)(H,24,27). The molecule has 0 aliphatic heterocycles. The number of rotatable bonds is 15. The van der Waals surface area contributed by atoms with Crippen molar-refractivity contribution in [1.29, 1.82) is 0 Å². The van der Waals surface area contributed by atoms with Crippen LogP contribution in [0.3, 0.4) is 0 Å². The Morgan fingerprint density at radius 3 is 2.48 bits per heavy atom. The van der Waals surface area contributed by atoms with E-state index in [4.69, 9.17) is 9.84 Å². The number of carbonyl (C=O) groups excluding carboxylic acids is 2. The molecule has 29 heavy (non-hydrogen) atoms. The average Bonchev–Trinajstić information content (AvgIpc) is 2.71. The maximum atomic E-state index is 11.8. The van der Waals surface area contributed by atoms with E-state index in [1.165, 1.54) is 0 Å². The number of hydrogen-bond donors (Lipinski definition) is 4. The highest BCUT2D eigenvalue weighted by molar-refractivity contribution is 5.78. The Morgan fingerprint density at radius 1 is 1.00 bits per heavy atom. The maximum absolute atomic E-state index is 11.8. The molecule has 4 N–H and O–H groups in total. The molecule has 162 valence electrons. The van der Waals surface area contributed by atoms with Gasteiger partial charge in [-0.15, -0.1) is 0 Å². The Kier molecular flexibility index (Phi) is 13.0. The highest BCUT2D eigenvalue weighted by atomic mass is 16.5. The minimum Gasteiger partial charge on any atom is -0.507 e. The SMILES string of the molecule is COc1ccc(O)c(C=CCCCC(=O)NCCC(=O)NCCCCCCO)c1. The van der Waals surface area contributed by atoms with Gasteiger partial charge in [0, 0.05) is 38.1 Å². The molecule has 0 aromatic heterocycles. The minimum absolute atomic E-state index is 0.0616. The Labute approximate surface area is 173 Å². The number of hydrogen-bond acceptors (Lipinski definition) is 5. The van der Waals surface area contributed by atoms with Crippen LogP contribution in [0.5, 0.6) is 11.5 Å². The third-order valence-corrected chi connectivity index (χ3v) is 4.39. The summed E-state index contributed by atoms with van der Waals surface area (Å²) in [7, 11) is 1.57. The van der Waals surface area contributed by atoms with Gasteiger partial charge in [-0.05, 0) is 43.9 Å². The van der Waals surface area contributed by atoms with E-state index in [1.807, 2.05) is 12.2 Å². The fraction of sp³-hybridized carbons (Fsp3) is 0.545. The summed E-state index contributed by atoms with van der Waals surface area (Å²) in [5, 5.41) is 24.1. The monoisotopic (exact) mass is 406 g/mol. The number of amides is 2. The smallest absolute Gasteiger partial charge is 0.221 e. The van der Waals surface area contributed by atoms with Crippen LogP contribution in [0.4, 0.5) is 0 Å². The fourth-order valence-corrected chi connectivity index (χ4v) is 2.69. The van der Waals surface area contributed by atoms with Crippen molar-refractivity contribution < 1.29 is 24.5 Å². The second kappa shape index (κ2) is 15.4. The number of aliphatic hydroxyl groups excluding tert-OH is 1. The van der Waals surface area contributed by atoms with E-state index < -0.39 is 0 Å². The molecule has 1 rings (SSSR count). The van der Waals surface area contributed by atoms with Gasteiger partial charge in [-0.3, -0.25) is 9.59 Å². The molecule has 0 unspecified atom stereocenters. The van der Waals surface area contributed by atoms with Crippen molar-refractivity contribution in [1.82, 2.24) is 10.6 Å². The number of phenols is 1. The number of ether oxygens (including phenoxy) is 1. The summed E-state index contributed by atoms with van der Waals surface area (Å²) < 4.78 is 5.13. The first-order valence-electron chi connectivity index (χ1n) is 10.2. The van der Waals surface area contributed by atoms with Gasteiger partial charge < -0.3 is 25.6 Å². The van der Waals surface area contributed by atoms with E-state index in [1.54, 1.807) is 25.3 Å². The molecule has 0 aliphatic rings. The molecule has 0 aliphatic carbocycles. The molecule has 1 aromatic rings. The maximum Gasteiger partial charge on any atom is 0.221 e. The second-order valence-electron chi connectivity index (χ2n) is 6.81. The van der Waals surface area contributed by atoms with Crippen LogP contribution in [0.25, 0.3) is 6.08 Å². The van der Waals surface area contributed by atoms with E-state index in [-0.39, 0.29) is 30.6 Å².